The number of ether oxygens (including phenoxy) is 2. The molecule has 2 aromatic rings. The van der Waals surface area contributed by atoms with Crippen LogP contribution >= 0.6 is 23.2 Å². The standard InChI is InChI=1S/C34H40Cl2N2O7/c1-20(2)15-29-34(43)44-28(21(3)13-14-23-9-6-5-7-10-23)11-8-12-30(39)38-27(32(41)37-19-22(4)33(42)45-29)18-24-16-25(35)31(40)26(36)17-24/h5-10,12-14,16-17,20-22,27-29,40H,11,15,18-19H2,1-4H3,(H,37,41)(H,38,39)/b12-8+,14-13+/t21?,22-,27-,28+,29+/m1/s1. The molecule has 242 valence electrons. The van der Waals surface area contributed by atoms with Crippen LogP contribution < -0.4 is 10.6 Å². The highest BCUT2D eigenvalue weighted by atomic mass is 35.5. The Morgan fingerprint density at radius 3 is 2.31 bits per heavy atom. The maximum Gasteiger partial charge on any atom is 0.347 e. The number of esters is 2. The van der Waals surface area contributed by atoms with Gasteiger partial charge in [0.15, 0.2) is 11.9 Å². The van der Waals surface area contributed by atoms with Crippen LogP contribution in [0.4, 0.5) is 0 Å². The molecular formula is C34H40Cl2N2O7. The Bertz CT molecular complexity index is 1390. The monoisotopic (exact) mass is 658 g/mol. The smallest absolute Gasteiger partial charge is 0.347 e. The highest BCUT2D eigenvalue weighted by molar-refractivity contribution is 6.37. The van der Waals surface area contributed by atoms with E-state index in [0.717, 1.165) is 5.56 Å². The molecule has 2 amide bonds. The summed E-state index contributed by atoms with van der Waals surface area (Å²) in [6.07, 6.45) is 5.31. The number of benzene rings is 2. The number of carbonyl (C=O) groups excluding carboxylic acids is 4. The fourth-order valence-electron chi connectivity index (χ4n) is 4.59. The van der Waals surface area contributed by atoms with E-state index >= 15 is 0 Å². The van der Waals surface area contributed by atoms with Gasteiger partial charge in [-0.3, -0.25) is 14.4 Å². The summed E-state index contributed by atoms with van der Waals surface area (Å²) in [6.45, 7) is 7.16. The SMILES string of the molecule is CC(C)C[C@@H]1OC(=O)[C@H](C)CNC(=O)[C@@H](Cc2cc(Cl)c(O)c(Cl)c2)NC(=O)/C=C/C[C@@H](C(C)/C=C/c2ccccc2)OC1=O. The lowest BCUT2D eigenvalue weighted by Gasteiger charge is -2.26. The Morgan fingerprint density at radius 1 is 1.00 bits per heavy atom. The van der Waals surface area contributed by atoms with Crippen molar-refractivity contribution in [3.8, 4) is 5.75 Å². The average Bonchev–Trinajstić information content (AvgIpc) is 2.99. The first-order chi connectivity index (χ1) is 21.3. The first kappa shape index (κ1) is 35.7. The van der Waals surface area contributed by atoms with E-state index in [1.807, 2.05) is 63.3 Å². The zero-order chi connectivity index (χ0) is 33.1. The molecule has 45 heavy (non-hydrogen) atoms. The highest BCUT2D eigenvalue weighted by Gasteiger charge is 2.32. The molecule has 0 saturated heterocycles. The second kappa shape index (κ2) is 17.0. The minimum Gasteiger partial charge on any atom is -0.505 e. The van der Waals surface area contributed by atoms with Crippen LogP contribution in [-0.4, -0.2) is 53.7 Å². The van der Waals surface area contributed by atoms with Gasteiger partial charge in [-0.1, -0.05) is 99.5 Å². The van der Waals surface area contributed by atoms with E-state index in [1.54, 1.807) is 13.0 Å². The fourth-order valence-corrected chi connectivity index (χ4v) is 5.13. The van der Waals surface area contributed by atoms with Gasteiger partial charge in [-0.05, 0) is 41.7 Å². The minimum atomic E-state index is -1.14. The van der Waals surface area contributed by atoms with Gasteiger partial charge in [0.05, 0.1) is 16.0 Å². The van der Waals surface area contributed by atoms with Crippen molar-refractivity contribution in [1.29, 1.82) is 0 Å². The second-order valence-electron chi connectivity index (χ2n) is 11.6. The number of halogens is 2. The molecule has 1 heterocycles. The van der Waals surface area contributed by atoms with Crippen LogP contribution in [0.25, 0.3) is 6.08 Å². The third-order valence-corrected chi connectivity index (χ3v) is 7.80. The maximum absolute atomic E-state index is 13.4. The molecule has 1 aliphatic heterocycles. The number of carbonyl (C=O) groups is 4. The number of amides is 2. The Labute approximate surface area is 274 Å². The normalized spacial score (nSPS) is 23.6. The molecule has 0 spiro atoms. The van der Waals surface area contributed by atoms with Crippen molar-refractivity contribution in [2.45, 2.75) is 65.2 Å². The predicted molar refractivity (Wildman–Crippen MR) is 174 cm³/mol. The molecular weight excluding hydrogens is 619 g/mol. The van der Waals surface area contributed by atoms with Gasteiger partial charge in [-0.15, -0.1) is 0 Å². The number of hydrogen-bond acceptors (Lipinski definition) is 7. The van der Waals surface area contributed by atoms with E-state index in [2.05, 4.69) is 10.6 Å². The molecule has 0 fully saturated rings. The van der Waals surface area contributed by atoms with Gasteiger partial charge in [0.2, 0.25) is 11.8 Å². The lowest BCUT2D eigenvalue weighted by atomic mass is 9.99. The molecule has 1 aliphatic rings. The molecule has 11 heteroatoms. The molecule has 0 bridgehead atoms. The van der Waals surface area contributed by atoms with Gasteiger partial charge in [0.25, 0.3) is 0 Å². The average molecular weight is 660 g/mol. The topological polar surface area (TPSA) is 131 Å². The summed E-state index contributed by atoms with van der Waals surface area (Å²) in [6, 6.07) is 11.5. The van der Waals surface area contributed by atoms with E-state index in [0.29, 0.717) is 5.56 Å². The van der Waals surface area contributed by atoms with Crippen LogP contribution in [0.15, 0.2) is 60.7 Å². The zero-order valence-electron chi connectivity index (χ0n) is 25.8. The Hall–Kier alpha value is -3.82. The number of rotatable bonds is 7. The van der Waals surface area contributed by atoms with E-state index in [1.165, 1.54) is 18.2 Å². The van der Waals surface area contributed by atoms with Crippen molar-refractivity contribution in [3.05, 3.63) is 81.9 Å². The lowest BCUT2D eigenvalue weighted by molar-refractivity contribution is -0.175. The summed E-state index contributed by atoms with van der Waals surface area (Å²) >= 11 is 12.1. The lowest BCUT2D eigenvalue weighted by Crippen LogP contribution is -2.49. The van der Waals surface area contributed by atoms with Crippen molar-refractivity contribution in [3.63, 3.8) is 0 Å². The van der Waals surface area contributed by atoms with Crippen molar-refractivity contribution >= 4 is 53.0 Å². The van der Waals surface area contributed by atoms with Crippen molar-refractivity contribution in [1.82, 2.24) is 10.6 Å². The van der Waals surface area contributed by atoms with Gasteiger partial charge >= 0.3 is 11.9 Å². The Morgan fingerprint density at radius 2 is 1.67 bits per heavy atom. The van der Waals surface area contributed by atoms with Gasteiger partial charge in [0, 0.05) is 25.3 Å². The second-order valence-corrected chi connectivity index (χ2v) is 12.4. The summed E-state index contributed by atoms with van der Waals surface area (Å²) in [7, 11) is 0. The maximum atomic E-state index is 13.4. The first-order valence-electron chi connectivity index (χ1n) is 14.9. The van der Waals surface area contributed by atoms with E-state index < -0.39 is 47.9 Å². The third kappa shape index (κ3) is 11.2. The third-order valence-electron chi connectivity index (χ3n) is 7.22. The van der Waals surface area contributed by atoms with E-state index in [-0.39, 0.29) is 53.4 Å². The summed E-state index contributed by atoms with van der Waals surface area (Å²) < 4.78 is 11.6. The highest BCUT2D eigenvalue weighted by Crippen LogP contribution is 2.33. The van der Waals surface area contributed by atoms with Gasteiger partial charge < -0.3 is 25.2 Å². The fraction of sp³-hybridized carbons (Fsp3) is 0.412. The van der Waals surface area contributed by atoms with Crippen LogP contribution in [-0.2, 0) is 35.1 Å². The van der Waals surface area contributed by atoms with Crippen LogP contribution in [0.3, 0.4) is 0 Å². The molecule has 1 unspecified atom stereocenters. The molecule has 5 atom stereocenters. The number of phenolic OH excluding ortho intramolecular Hbond substituents is 1. The van der Waals surface area contributed by atoms with Gasteiger partial charge in [-0.2, -0.15) is 0 Å². The summed E-state index contributed by atoms with van der Waals surface area (Å²) in [4.78, 5) is 52.6. The largest absolute Gasteiger partial charge is 0.505 e. The predicted octanol–water partition coefficient (Wildman–Crippen LogP) is 5.66. The molecule has 3 N–H and O–H groups in total. The Balaban J connectivity index is 1.91. The van der Waals surface area contributed by atoms with Crippen LogP contribution in [0.2, 0.25) is 10.0 Å². The first-order valence-corrected chi connectivity index (χ1v) is 15.7. The van der Waals surface area contributed by atoms with Crippen molar-refractivity contribution < 1.29 is 33.8 Å². The number of cyclic esters (lactones) is 2. The summed E-state index contributed by atoms with van der Waals surface area (Å²) in [5.41, 5.74) is 1.47. The quantitative estimate of drug-likeness (QED) is 0.327. The van der Waals surface area contributed by atoms with Gasteiger partial charge in [0.1, 0.15) is 12.1 Å². The molecule has 3 rings (SSSR count). The molecule has 2 aromatic carbocycles. The number of aromatic hydroxyl groups is 1. The van der Waals surface area contributed by atoms with Gasteiger partial charge in [-0.25, -0.2) is 4.79 Å². The van der Waals surface area contributed by atoms with Crippen molar-refractivity contribution in [2.24, 2.45) is 17.8 Å². The summed E-state index contributed by atoms with van der Waals surface area (Å²) in [5, 5.41) is 15.3. The Kier molecular flexibility index (Phi) is 13.5. The minimum absolute atomic E-state index is 0.000629. The molecule has 0 saturated carbocycles. The van der Waals surface area contributed by atoms with E-state index in [4.69, 9.17) is 32.7 Å². The molecule has 0 aromatic heterocycles. The molecule has 0 radical (unpaired) electrons. The number of nitrogens with one attached hydrogen (secondary N) is 2. The van der Waals surface area contributed by atoms with Crippen LogP contribution in [0.1, 0.15) is 51.7 Å². The molecule has 0 aliphatic carbocycles. The summed E-state index contributed by atoms with van der Waals surface area (Å²) in [5.74, 6) is -3.79. The number of phenols is 1. The number of hydrogen-bond donors (Lipinski definition) is 3. The van der Waals surface area contributed by atoms with Crippen molar-refractivity contribution in [2.75, 3.05) is 6.54 Å². The van der Waals surface area contributed by atoms with E-state index in [9.17, 15) is 24.3 Å². The zero-order valence-corrected chi connectivity index (χ0v) is 27.3. The molecule has 9 nitrogen and oxygen atoms in total. The van der Waals surface area contributed by atoms with Crippen LogP contribution in [0.5, 0.6) is 5.75 Å². The van der Waals surface area contributed by atoms with Crippen LogP contribution in [0, 0.1) is 17.8 Å².